The Hall–Kier alpha value is -2.69. The second-order valence-corrected chi connectivity index (χ2v) is 11.5. The Labute approximate surface area is 256 Å². The normalized spacial score (nSPS) is 33.6. The van der Waals surface area contributed by atoms with Gasteiger partial charge in [0.25, 0.3) is 0 Å². The molecule has 3 rings (SSSR count). The second kappa shape index (κ2) is 16.0. The number of carbonyl (C=O) groups is 1. The van der Waals surface area contributed by atoms with E-state index in [9.17, 15) is 40.5 Å². The van der Waals surface area contributed by atoms with Crippen LogP contribution in [0.15, 0.2) is 54.1 Å². The van der Waals surface area contributed by atoms with E-state index in [1.165, 1.54) is 25.1 Å². The highest BCUT2D eigenvalue weighted by Crippen LogP contribution is 2.31. The Kier molecular flexibility index (Phi) is 13.0. The van der Waals surface area contributed by atoms with Crippen LogP contribution in [-0.4, -0.2) is 122 Å². The SMILES string of the molecule is C/C(=C\CO[C@@H]1O[C@H](CO)[C@@H](OC(=O)/C=C/c2ccc(O)cc2)C(OC2O[C@@H](C)[C@H](O)[C@@H](O)[C@H]2O)[C@H]1O)C/C=C/C(C)(C)O. The Morgan fingerprint density at radius 3 is 2.30 bits per heavy atom. The molecule has 7 N–H and O–H groups in total. The van der Waals surface area contributed by atoms with Crippen molar-refractivity contribution in [2.45, 2.75) is 101 Å². The predicted molar refractivity (Wildman–Crippen MR) is 156 cm³/mol. The van der Waals surface area contributed by atoms with Gasteiger partial charge in [0.1, 0.15) is 42.4 Å². The Morgan fingerprint density at radius 1 is 0.977 bits per heavy atom. The first kappa shape index (κ1) is 35.8. The number of benzene rings is 1. The fraction of sp³-hybridized carbons (Fsp3) is 0.581. The van der Waals surface area contributed by atoms with Crippen molar-refractivity contribution in [1.29, 1.82) is 0 Å². The number of aliphatic hydroxyl groups excluding tert-OH is 5. The number of aromatic hydroxyl groups is 1. The summed E-state index contributed by atoms with van der Waals surface area (Å²) in [6.45, 7) is 5.92. The summed E-state index contributed by atoms with van der Waals surface area (Å²) in [5.74, 6) is -0.829. The van der Waals surface area contributed by atoms with Gasteiger partial charge in [0, 0.05) is 6.08 Å². The molecule has 10 atom stereocenters. The van der Waals surface area contributed by atoms with Gasteiger partial charge in [-0.05, 0) is 57.9 Å². The van der Waals surface area contributed by atoms with Gasteiger partial charge < -0.3 is 59.4 Å². The van der Waals surface area contributed by atoms with E-state index >= 15 is 0 Å². The van der Waals surface area contributed by atoms with Gasteiger partial charge in [0.2, 0.25) is 0 Å². The van der Waals surface area contributed by atoms with Gasteiger partial charge >= 0.3 is 5.97 Å². The Balaban J connectivity index is 1.78. The summed E-state index contributed by atoms with van der Waals surface area (Å²) in [6, 6.07) is 6.01. The molecule has 0 spiro atoms. The number of rotatable bonds is 12. The van der Waals surface area contributed by atoms with Crippen LogP contribution in [0, 0.1) is 0 Å². The van der Waals surface area contributed by atoms with Crippen LogP contribution in [0.2, 0.25) is 0 Å². The summed E-state index contributed by atoms with van der Waals surface area (Å²) in [7, 11) is 0. The summed E-state index contributed by atoms with van der Waals surface area (Å²) >= 11 is 0. The van der Waals surface area contributed by atoms with Gasteiger partial charge in [-0.2, -0.15) is 0 Å². The minimum absolute atomic E-state index is 0.0148. The minimum atomic E-state index is -1.73. The number of hydrogen-bond donors (Lipinski definition) is 7. The zero-order valence-corrected chi connectivity index (χ0v) is 25.2. The molecule has 1 aromatic rings. The van der Waals surface area contributed by atoms with Crippen molar-refractivity contribution in [3.8, 4) is 5.75 Å². The van der Waals surface area contributed by atoms with Crippen molar-refractivity contribution in [3.05, 3.63) is 59.7 Å². The molecule has 13 heteroatoms. The van der Waals surface area contributed by atoms with E-state index in [0.717, 1.165) is 11.6 Å². The maximum absolute atomic E-state index is 12.8. The van der Waals surface area contributed by atoms with Crippen molar-refractivity contribution < 1.29 is 64.2 Å². The number of allylic oxidation sites excluding steroid dienone is 2. The summed E-state index contributed by atoms with van der Waals surface area (Å²) in [5, 5.41) is 71.5. The smallest absolute Gasteiger partial charge is 0.331 e. The minimum Gasteiger partial charge on any atom is -0.508 e. The van der Waals surface area contributed by atoms with Gasteiger partial charge in [-0.1, -0.05) is 35.9 Å². The third-order valence-corrected chi connectivity index (χ3v) is 7.11. The van der Waals surface area contributed by atoms with Crippen LogP contribution in [0.1, 0.15) is 39.7 Å². The molecule has 0 amide bonds. The van der Waals surface area contributed by atoms with E-state index in [4.69, 9.17) is 23.7 Å². The number of hydrogen-bond acceptors (Lipinski definition) is 13. The molecule has 2 heterocycles. The van der Waals surface area contributed by atoms with Gasteiger partial charge in [-0.25, -0.2) is 4.79 Å². The van der Waals surface area contributed by atoms with Crippen molar-refractivity contribution in [2.75, 3.05) is 13.2 Å². The second-order valence-electron chi connectivity index (χ2n) is 11.5. The van der Waals surface area contributed by atoms with Crippen LogP contribution in [0.25, 0.3) is 6.08 Å². The van der Waals surface area contributed by atoms with Crippen molar-refractivity contribution in [3.63, 3.8) is 0 Å². The van der Waals surface area contributed by atoms with E-state index in [2.05, 4.69) is 0 Å². The maximum Gasteiger partial charge on any atom is 0.331 e. The monoisotopic (exact) mass is 624 g/mol. The van der Waals surface area contributed by atoms with E-state index in [-0.39, 0.29) is 12.4 Å². The molecule has 13 nitrogen and oxygen atoms in total. The molecular formula is C31H44O13. The lowest BCUT2D eigenvalue weighted by molar-refractivity contribution is -0.356. The first-order chi connectivity index (χ1) is 20.7. The highest BCUT2D eigenvalue weighted by atomic mass is 16.7. The van der Waals surface area contributed by atoms with E-state index < -0.39 is 79.6 Å². The lowest BCUT2D eigenvalue weighted by Gasteiger charge is -2.46. The summed E-state index contributed by atoms with van der Waals surface area (Å²) in [6.07, 6.45) is -6.16. The molecule has 2 aliphatic heterocycles. The molecule has 0 bridgehead atoms. The molecule has 246 valence electrons. The molecule has 0 saturated carbocycles. The summed E-state index contributed by atoms with van der Waals surface area (Å²) in [4.78, 5) is 12.8. The lowest BCUT2D eigenvalue weighted by Crippen LogP contribution is -2.65. The van der Waals surface area contributed by atoms with Gasteiger partial charge in [-0.15, -0.1) is 0 Å². The fourth-order valence-electron chi connectivity index (χ4n) is 4.58. The molecule has 2 saturated heterocycles. The Morgan fingerprint density at radius 2 is 1.66 bits per heavy atom. The first-order valence-corrected chi connectivity index (χ1v) is 14.3. The molecule has 44 heavy (non-hydrogen) atoms. The topological polar surface area (TPSA) is 205 Å². The largest absolute Gasteiger partial charge is 0.508 e. The van der Waals surface area contributed by atoms with E-state index in [0.29, 0.717) is 12.0 Å². The quantitative estimate of drug-likeness (QED) is 0.0950. The molecule has 1 aromatic carbocycles. The number of aliphatic hydroxyl groups is 6. The standard InChI is InChI=1S/C31H44O13/c1-17(6-5-14-31(3,4)39)13-15-40-29-26(38)28(44-30-25(37)24(36)23(35)18(2)41-30)27(21(16-32)42-29)43-22(34)12-9-19-7-10-20(33)11-8-19/h5,7-14,18,21,23-30,32-33,35-39H,6,15-16H2,1-4H3/b12-9+,14-5+,17-13+/t18-,21+,23-,24+,25+,26+,27+,28?,29+,30?/m0/s1. The van der Waals surface area contributed by atoms with Crippen LogP contribution in [-0.2, 0) is 28.5 Å². The molecule has 2 fully saturated rings. The van der Waals surface area contributed by atoms with Crippen molar-refractivity contribution >= 4 is 12.0 Å². The van der Waals surface area contributed by atoms with Gasteiger partial charge in [-0.3, -0.25) is 0 Å². The molecule has 0 aliphatic carbocycles. The zero-order chi connectivity index (χ0) is 32.6. The fourth-order valence-corrected chi connectivity index (χ4v) is 4.58. The first-order valence-electron chi connectivity index (χ1n) is 14.3. The third kappa shape index (κ3) is 10.2. The zero-order valence-electron chi connectivity index (χ0n) is 25.2. The maximum atomic E-state index is 12.8. The predicted octanol–water partition coefficient (Wildman–Crippen LogP) is 0.288. The average Bonchev–Trinajstić information content (AvgIpc) is 2.96. The molecule has 0 aromatic heterocycles. The molecule has 0 radical (unpaired) electrons. The summed E-state index contributed by atoms with van der Waals surface area (Å²) in [5.41, 5.74) is 0.530. The number of phenolic OH excluding ortho intramolecular Hbond substituents is 1. The molecule has 2 aliphatic rings. The number of esters is 1. The third-order valence-electron chi connectivity index (χ3n) is 7.11. The summed E-state index contributed by atoms with van der Waals surface area (Å²) < 4.78 is 28.4. The van der Waals surface area contributed by atoms with Crippen LogP contribution in [0.3, 0.4) is 0 Å². The van der Waals surface area contributed by atoms with Crippen LogP contribution >= 0.6 is 0 Å². The highest BCUT2D eigenvalue weighted by molar-refractivity contribution is 5.87. The van der Waals surface area contributed by atoms with Crippen LogP contribution in [0.4, 0.5) is 0 Å². The van der Waals surface area contributed by atoms with Gasteiger partial charge in [0.15, 0.2) is 18.7 Å². The van der Waals surface area contributed by atoms with E-state index in [1.807, 2.05) is 6.92 Å². The van der Waals surface area contributed by atoms with Crippen molar-refractivity contribution in [1.82, 2.24) is 0 Å². The molecule has 2 unspecified atom stereocenters. The number of carbonyl (C=O) groups excluding carboxylic acids is 1. The number of ether oxygens (including phenoxy) is 5. The van der Waals surface area contributed by atoms with Crippen LogP contribution < -0.4 is 0 Å². The highest BCUT2D eigenvalue weighted by Gasteiger charge is 2.52. The molecular weight excluding hydrogens is 580 g/mol. The number of phenols is 1. The average molecular weight is 625 g/mol. The van der Waals surface area contributed by atoms with Crippen molar-refractivity contribution in [2.24, 2.45) is 0 Å². The van der Waals surface area contributed by atoms with Crippen LogP contribution in [0.5, 0.6) is 5.75 Å². The van der Waals surface area contributed by atoms with Gasteiger partial charge in [0.05, 0.1) is 24.9 Å². The van der Waals surface area contributed by atoms with E-state index in [1.54, 1.807) is 44.2 Å². The Bertz CT molecular complexity index is 1140. The lowest BCUT2D eigenvalue weighted by atomic mass is 9.97.